The Morgan fingerprint density at radius 3 is 2.03 bits per heavy atom. The molecule has 7 rings (SSSR count). The van der Waals surface area contributed by atoms with Crippen molar-refractivity contribution >= 4 is 5.97 Å². The lowest BCUT2D eigenvalue weighted by molar-refractivity contribution is 0.0649. The van der Waals surface area contributed by atoms with Crippen LogP contribution in [0.15, 0.2) is 65.1 Å². The van der Waals surface area contributed by atoms with Gasteiger partial charge < -0.3 is 14.4 Å². The van der Waals surface area contributed by atoms with Gasteiger partial charge in [0.25, 0.3) is 0 Å². The van der Waals surface area contributed by atoms with Crippen LogP contribution in [0, 0.1) is 17.8 Å². The summed E-state index contributed by atoms with van der Waals surface area (Å²) in [6.45, 7) is 2.08. The van der Waals surface area contributed by atoms with Gasteiger partial charge in [0.05, 0.1) is 5.41 Å². The van der Waals surface area contributed by atoms with E-state index in [1.54, 1.807) is 0 Å². The highest BCUT2D eigenvalue weighted by Gasteiger charge is 2.46. The average Bonchev–Trinajstić information content (AvgIpc) is 3.28. The van der Waals surface area contributed by atoms with Crippen molar-refractivity contribution in [2.75, 3.05) is 13.1 Å². The third-order valence-electron chi connectivity index (χ3n) is 8.50. The van der Waals surface area contributed by atoms with Crippen LogP contribution in [0.3, 0.4) is 0 Å². The smallest absolute Gasteiger partial charge is 0.393 e. The van der Waals surface area contributed by atoms with Gasteiger partial charge in [-0.05, 0) is 67.4 Å². The SMILES string of the molecule is O=C(O)c1nnc(C(CCN2CC3CC4CC(C3)CC2C4)(c2ccccc2)c2ccccc2)o1. The summed E-state index contributed by atoms with van der Waals surface area (Å²) in [5, 5.41) is 17.7. The number of aromatic nitrogens is 2. The first-order chi connectivity index (χ1) is 16.6. The molecule has 2 unspecified atom stereocenters. The van der Waals surface area contributed by atoms with Crippen molar-refractivity contribution in [2.45, 2.75) is 50.0 Å². The van der Waals surface area contributed by atoms with E-state index in [1.807, 2.05) is 36.4 Å². The molecule has 0 amide bonds. The maximum absolute atomic E-state index is 11.6. The molecule has 2 saturated carbocycles. The van der Waals surface area contributed by atoms with Crippen LogP contribution >= 0.6 is 0 Å². The van der Waals surface area contributed by atoms with Gasteiger partial charge in [0.15, 0.2) is 0 Å². The van der Waals surface area contributed by atoms with E-state index < -0.39 is 11.4 Å². The van der Waals surface area contributed by atoms with Crippen molar-refractivity contribution in [1.29, 1.82) is 0 Å². The molecule has 6 heteroatoms. The van der Waals surface area contributed by atoms with Gasteiger partial charge in [-0.15, -0.1) is 10.2 Å². The molecule has 34 heavy (non-hydrogen) atoms. The van der Waals surface area contributed by atoms with E-state index in [-0.39, 0.29) is 5.89 Å². The summed E-state index contributed by atoms with van der Waals surface area (Å²) in [7, 11) is 0. The van der Waals surface area contributed by atoms with Crippen LogP contribution < -0.4 is 0 Å². The van der Waals surface area contributed by atoms with E-state index in [1.165, 1.54) is 38.6 Å². The van der Waals surface area contributed by atoms with Crippen molar-refractivity contribution < 1.29 is 14.3 Å². The predicted octanol–water partition coefficient (Wildman–Crippen LogP) is 5.00. The summed E-state index contributed by atoms with van der Waals surface area (Å²) in [6.07, 6.45) is 7.59. The second kappa shape index (κ2) is 8.66. The second-order valence-corrected chi connectivity index (χ2v) is 10.5. The minimum atomic E-state index is -1.20. The zero-order chi connectivity index (χ0) is 23.1. The summed E-state index contributed by atoms with van der Waals surface area (Å²) < 4.78 is 5.85. The monoisotopic (exact) mass is 457 g/mol. The molecule has 2 aromatic carbocycles. The molecule has 0 radical (unpaired) electrons. The first kappa shape index (κ1) is 21.5. The molecule has 2 saturated heterocycles. The van der Waals surface area contributed by atoms with E-state index in [2.05, 4.69) is 39.4 Å². The predicted molar refractivity (Wildman–Crippen MR) is 128 cm³/mol. The van der Waals surface area contributed by atoms with Crippen LogP contribution in [0.4, 0.5) is 0 Å². The van der Waals surface area contributed by atoms with Crippen molar-refractivity contribution in [2.24, 2.45) is 17.8 Å². The highest BCUT2D eigenvalue weighted by atomic mass is 16.4. The molecular formula is C28H31N3O3. The zero-order valence-corrected chi connectivity index (χ0v) is 19.3. The number of nitrogens with zero attached hydrogens (tertiary/aromatic N) is 3. The van der Waals surface area contributed by atoms with E-state index in [9.17, 15) is 9.90 Å². The summed E-state index contributed by atoms with van der Waals surface area (Å²) in [5.74, 6) is 1.39. The molecule has 4 fully saturated rings. The fraction of sp³-hybridized carbons (Fsp3) is 0.464. The van der Waals surface area contributed by atoms with Gasteiger partial charge >= 0.3 is 11.9 Å². The molecule has 1 N–H and O–H groups in total. The molecular weight excluding hydrogens is 426 g/mol. The molecule has 2 aliphatic heterocycles. The van der Waals surface area contributed by atoms with Gasteiger partial charge in [-0.1, -0.05) is 60.7 Å². The fourth-order valence-electron chi connectivity index (χ4n) is 7.20. The Bertz CT molecular complexity index is 1090. The summed E-state index contributed by atoms with van der Waals surface area (Å²) in [5.41, 5.74) is 1.37. The molecule has 3 aromatic rings. The number of carboxylic acid groups (broad SMARTS) is 1. The molecule has 0 spiro atoms. The molecule has 176 valence electrons. The Morgan fingerprint density at radius 2 is 1.47 bits per heavy atom. The molecule has 2 atom stereocenters. The lowest BCUT2D eigenvalue weighted by Gasteiger charge is -2.40. The maximum atomic E-state index is 11.6. The number of fused-ring (bicyclic) bond motifs is 1. The Hall–Kier alpha value is -2.99. The van der Waals surface area contributed by atoms with Crippen LogP contribution in [-0.4, -0.2) is 45.3 Å². The fourth-order valence-corrected chi connectivity index (χ4v) is 7.20. The van der Waals surface area contributed by atoms with Crippen molar-refractivity contribution in [3.63, 3.8) is 0 Å². The van der Waals surface area contributed by atoms with Crippen LogP contribution in [0.5, 0.6) is 0 Å². The normalized spacial score (nSPS) is 26.5. The van der Waals surface area contributed by atoms with E-state index in [0.29, 0.717) is 11.9 Å². The molecule has 4 bridgehead atoms. The van der Waals surface area contributed by atoms with Crippen molar-refractivity contribution in [1.82, 2.24) is 15.1 Å². The minimum Gasteiger partial charge on any atom is -0.474 e. The van der Waals surface area contributed by atoms with Gasteiger partial charge in [0.1, 0.15) is 0 Å². The molecule has 1 aromatic heterocycles. The third kappa shape index (κ3) is 3.74. The molecule has 3 heterocycles. The Morgan fingerprint density at radius 1 is 0.882 bits per heavy atom. The standard InChI is InChI=1S/C28H31N3O3/c32-26(33)25-29-30-27(34-25)28(22-7-3-1-4-8-22,23-9-5-2-6-10-23)11-12-31-18-21-14-19-13-20(15-21)17-24(31)16-19/h1-10,19-21,24H,11-18H2,(H,32,33). The molecule has 4 aliphatic rings. The summed E-state index contributed by atoms with van der Waals surface area (Å²) in [4.78, 5) is 14.3. The van der Waals surface area contributed by atoms with Gasteiger partial charge in [-0.25, -0.2) is 4.79 Å². The van der Waals surface area contributed by atoms with Crippen LogP contribution in [0.1, 0.15) is 66.2 Å². The lowest BCUT2D eigenvalue weighted by Crippen LogP contribution is -2.42. The average molecular weight is 458 g/mol. The number of benzene rings is 2. The van der Waals surface area contributed by atoms with Gasteiger partial charge in [0.2, 0.25) is 5.89 Å². The van der Waals surface area contributed by atoms with Crippen LogP contribution in [-0.2, 0) is 5.41 Å². The number of carboxylic acids is 1. The van der Waals surface area contributed by atoms with E-state index in [0.717, 1.165) is 41.8 Å². The lowest BCUT2D eigenvalue weighted by atomic mass is 9.68. The third-order valence-corrected chi connectivity index (χ3v) is 8.50. The first-order valence-corrected chi connectivity index (χ1v) is 12.5. The number of rotatable bonds is 7. The Kier molecular flexibility index (Phi) is 5.48. The van der Waals surface area contributed by atoms with Crippen LogP contribution in [0.2, 0.25) is 0 Å². The molecule has 2 aliphatic carbocycles. The number of hydrogen-bond donors (Lipinski definition) is 1. The van der Waals surface area contributed by atoms with E-state index >= 15 is 0 Å². The Labute approximate surface area is 200 Å². The maximum Gasteiger partial charge on any atom is 0.393 e. The number of hydrogen-bond acceptors (Lipinski definition) is 5. The van der Waals surface area contributed by atoms with Crippen LogP contribution in [0.25, 0.3) is 0 Å². The highest BCUT2D eigenvalue weighted by molar-refractivity contribution is 5.81. The zero-order valence-electron chi connectivity index (χ0n) is 19.3. The topological polar surface area (TPSA) is 79.5 Å². The van der Waals surface area contributed by atoms with Crippen molar-refractivity contribution in [3.8, 4) is 0 Å². The Balaban J connectivity index is 1.42. The molecule has 6 nitrogen and oxygen atoms in total. The number of carbonyl (C=O) groups is 1. The van der Waals surface area contributed by atoms with Gasteiger partial charge in [-0.2, -0.15) is 0 Å². The number of aromatic carboxylic acids is 1. The van der Waals surface area contributed by atoms with Gasteiger partial charge in [-0.3, -0.25) is 0 Å². The highest BCUT2D eigenvalue weighted by Crippen LogP contribution is 2.48. The van der Waals surface area contributed by atoms with Gasteiger partial charge in [0, 0.05) is 19.1 Å². The largest absolute Gasteiger partial charge is 0.474 e. The van der Waals surface area contributed by atoms with E-state index in [4.69, 9.17) is 4.42 Å². The quantitative estimate of drug-likeness (QED) is 0.538. The summed E-state index contributed by atoms with van der Waals surface area (Å²) in [6, 6.07) is 21.1. The summed E-state index contributed by atoms with van der Waals surface area (Å²) >= 11 is 0. The first-order valence-electron chi connectivity index (χ1n) is 12.5. The van der Waals surface area contributed by atoms with Crippen molar-refractivity contribution in [3.05, 3.63) is 83.6 Å². The second-order valence-electron chi connectivity index (χ2n) is 10.5. The minimum absolute atomic E-state index is 0.350.